The molecule has 1 amide bonds. The summed E-state index contributed by atoms with van der Waals surface area (Å²) in [6.45, 7) is 3.36. The highest BCUT2D eigenvalue weighted by Gasteiger charge is 2.27. The third kappa shape index (κ3) is 4.40. The maximum Gasteiger partial charge on any atom is 0.233 e. The SMILES string of the molecule is C[C@@H](OCCCNC(=O)[C@H]1Cc2ccccc2S1)c1ccccc1. The van der Waals surface area contributed by atoms with E-state index in [4.69, 9.17) is 4.74 Å². The highest BCUT2D eigenvalue weighted by Crippen LogP contribution is 2.36. The largest absolute Gasteiger partial charge is 0.374 e. The molecule has 0 saturated heterocycles. The molecule has 2 atom stereocenters. The minimum Gasteiger partial charge on any atom is -0.374 e. The van der Waals surface area contributed by atoms with E-state index >= 15 is 0 Å². The van der Waals surface area contributed by atoms with Gasteiger partial charge in [-0.2, -0.15) is 0 Å². The van der Waals surface area contributed by atoms with Gasteiger partial charge < -0.3 is 10.1 Å². The molecular weight excluding hydrogens is 318 g/mol. The molecule has 1 aliphatic heterocycles. The molecule has 2 aromatic rings. The zero-order valence-corrected chi connectivity index (χ0v) is 14.7. The van der Waals surface area contributed by atoms with Crippen molar-refractivity contribution in [1.82, 2.24) is 5.32 Å². The monoisotopic (exact) mass is 341 g/mol. The Balaban J connectivity index is 1.33. The molecule has 0 bridgehead atoms. The Kier molecular flexibility index (Phi) is 5.94. The maximum atomic E-state index is 12.3. The highest BCUT2D eigenvalue weighted by atomic mass is 32.2. The molecule has 2 aromatic carbocycles. The third-order valence-electron chi connectivity index (χ3n) is 4.20. The van der Waals surface area contributed by atoms with E-state index in [-0.39, 0.29) is 17.3 Å². The van der Waals surface area contributed by atoms with Gasteiger partial charge in [0.15, 0.2) is 0 Å². The van der Waals surface area contributed by atoms with Gasteiger partial charge >= 0.3 is 0 Å². The standard InChI is InChI=1S/C20H23NO2S/c1-15(16-8-3-2-4-9-16)23-13-7-12-21-20(22)19-14-17-10-5-6-11-18(17)24-19/h2-6,8-11,15,19H,7,12-14H2,1H3,(H,21,22)/t15-,19-/m1/s1. The zero-order valence-electron chi connectivity index (χ0n) is 13.9. The van der Waals surface area contributed by atoms with Gasteiger partial charge in [0.2, 0.25) is 5.91 Å². The first-order chi connectivity index (χ1) is 11.7. The van der Waals surface area contributed by atoms with Crippen LogP contribution in [0.2, 0.25) is 0 Å². The number of rotatable bonds is 7. The molecule has 1 heterocycles. The molecule has 1 N–H and O–H groups in total. The fourth-order valence-electron chi connectivity index (χ4n) is 2.81. The first-order valence-corrected chi connectivity index (χ1v) is 9.31. The topological polar surface area (TPSA) is 38.3 Å². The number of hydrogen-bond donors (Lipinski definition) is 1. The number of carbonyl (C=O) groups excluding carboxylic acids is 1. The summed E-state index contributed by atoms with van der Waals surface area (Å²) in [5.74, 6) is 0.132. The third-order valence-corrected chi connectivity index (χ3v) is 5.51. The Labute approximate surface area is 147 Å². The van der Waals surface area contributed by atoms with E-state index in [2.05, 4.69) is 36.5 Å². The fraction of sp³-hybridized carbons (Fsp3) is 0.350. The van der Waals surface area contributed by atoms with Crippen molar-refractivity contribution in [2.24, 2.45) is 0 Å². The predicted octanol–water partition coefficient (Wildman–Crippen LogP) is 3.99. The van der Waals surface area contributed by atoms with Crippen LogP contribution in [0.3, 0.4) is 0 Å². The lowest BCUT2D eigenvalue weighted by atomic mass is 10.1. The number of carbonyl (C=O) groups is 1. The van der Waals surface area contributed by atoms with E-state index in [1.807, 2.05) is 30.3 Å². The lowest BCUT2D eigenvalue weighted by Gasteiger charge is -2.14. The molecule has 0 spiro atoms. The van der Waals surface area contributed by atoms with Crippen molar-refractivity contribution < 1.29 is 9.53 Å². The van der Waals surface area contributed by atoms with Crippen molar-refractivity contribution in [3.63, 3.8) is 0 Å². The summed E-state index contributed by atoms with van der Waals surface area (Å²) >= 11 is 1.67. The first-order valence-electron chi connectivity index (χ1n) is 8.43. The van der Waals surface area contributed by atoms with Gasteiger partial charge in [0, 0.05) is 18.0 Å². The molecule has 0 aromatic heterocycles. The van der Waals surface area contributed by atoms with Crippen LogP contribution in [0.4, 0.5) is 0 Å². The van der Waals surface area contributed by atoms with Crippen LogP contribution in [0.1, 0.15) is 30.6 Å². The van der Waals surface area contributed by atoms with Crippen molar-refractivity contribution in [3.05, 3.63) is 65.7 Å². The van der Waals surface area contributed by atoms with Gasteiger partial charge in [-0.15, -0.1) is 11.8 Å². The smallest absolute Gasteiger partial charge is 0.233 e. The summed E-state index contributed by atoms with van der Waals surface area (Å²) in [7, 11) is 0. The van der Waals surface area contributed by atoms with Gasteiger partial charge in [-0.1, -0.05) is 48.5 Å². The molecule has 0 unspecified atom stereocenters. The quantitative estimate of drug-likeness (QED) is 0.774. The number of ether oxygens (including phenoxy) is 1. The molecule has 0 aliphatic carbocycles. The number of amides is 1. The molecule has 0 fully saturated rings. The first kappa shape index (κ1) is 17.1. The van der Waals surface area contributed by atoms with Gasteiger partial charge in [-0.05, 0) is 37.0 Å². The van der Waals surface area contributed by atoms with E-state index in [9.17, 15) is 4.79 Å². The summed E-state index contributed by atoms with van der Waals surface area (Å²) in [5, 5.41) is 3.04. The molecule has 4 heteroatoms. The van der Waals surface area contributed by atoms with Crippen molar-refractivity contribution in [1.29, 1.82) is 0 Å². The van der Waals surface area contributed by atoms with Crippen LogP contribution in [-0.2, 0) is 16.0 Å². The van der Waals surface area contributed by atoms with Gasteiger partial charge in [-0.25, -0.2) is 0 Å². The molecule has 3 rings (SSSR count). The van der Waals surface area contributed by atoms with Crippen molar-refractivity contribution in [2.75, 3.05) is 13.2 Å². The Bertz CT molecular complexity index is 649. The number of thioether (sulfide) groups is 1. The Morgan fingerprint density at radius 1 is 1.21 bits per heavy atom. The maximum absolute atomic E-state index is 12.3. The second-order valence-corrected chi connectivity index (χ2v) is 7.23. The van der Waals surface area contributed by atoms with Crippen LogP contribution >= 0.6 is 11.8 Å². The second-order valence-electron chi connectivity index (χ2n) is 5.99. The second kappa shape index (κ2) is 8.36. The summed E-state index contributed by atoms with van der Waals surface area (Å²) in [6, 6.07) is 18.4. The van der Waals surface area contributed by atoms with Crippen molar-refractivity contribution in [3.8, 4) is 0 Å². The number of hydrogen-bond acceptors (Lipinski definition) is 3. The van der Waals surface area contributed by atoms with E-state index in [1.54, 1.807) is 11.8 Å². The number of fused-ring (bicyclic) bond motifs is 1. The predicted molar refractivity (Wildman–Crippen MR) is 98.2 cm³/mol. The highest BCUT2D eigenvalue weighted by molar-refractivity contribution is 8.01. The lowest BCUT2D eigenvalue weighted by molar-refractivity contribution is -0.120. The summed E-state index contributed by atoms with van der Waals surface area (Å²) < 4.78 is 5.83. The van der Waals surface area contributed by atoms with Crippen LogP contribution in [0, 0.1) is 0 Å². The average Bonchev–Trinajstić information content (AvgIpc) is 3.06. The number of nitrogens with one attached hydrogen (secondary N) is 1. The Morgan fingerprint density at radius 3 is 2.75 bits per heavy atom. The Hall–Kier alpha value is -1.78. The lowest BCUT2D eigenvalue weighted by Crippen LogP contribution is -2.33. The number of benzene rings is 2. The minimum absolute atomic E-state index is 0.00607. The summed E-state index contributed by atoms with van der Waals surface area (Å²) in [4.78, 5) is 13.5. The van der Waals surface area contributed by atoms with Gasteiger partial charge in [0.25, 0.3) is 0 Å². The summed E-state index contributed by atoms with van der Waals surface area (Å²) in [5.41, 5.74) is 2.46. The molecular formula is C20H23NO2S. The molecule has 24 heavy (non-hydrogen) atoms. The zero-order chi connectivity index (χ0) is 16.8. The van der Waals surface area contributed by atoms with Crippen molar-refractivity contribution >= 4 is 17.7 Å². The molecule has 3 nitrogen and oxygen atoms in total. The molecule has 126 valence electrons. The van der Waals surface area contributed by atoms with Crippen LogP contribution in [-0.4, -0.2) is 24.3 Å². The normalized spacial score (nSPS) is 17.3. The summed E-state index contributed by atoms with van der Waals surface area (Å²) in [6.07, 6.45) is 1.74. The van der Waals surface area contributed by atoms with Crippen LogP contribution in [0.25, 0.3) is 0 Å². The molecule has 0 saturated carbocycles. The van der Waals surface area contributed by atoms with Gasteiger partial charge in [0.05, 0.1) is 11.4 Å². The van der Waals surface area contributed by atoms with Gasteiger partial charge in [-0.3, -0.25) is 4.79 Å². The van der Waals surface area contributed by atoms with E-state index in [1.165, 1.54) is 16.0 Å². The van der Waals surface area contributed by atoms with Crippen LogP contribution in [0.15, 0.2) is 59.5 Å². The Morgan fingerprint density at radius 2 is 1.96 bits per heavy atom. The minimum atomic E-state index is 0.00607. The van der Waals surface area contributed by atoms with Crippen LogP contribution < -0.4 is 5.32 Å². The van der Waals surface area contributed by atoms with Crippen molar-refractivity contribution in [2.45, 2.75) is 36.0 Å². The van der Waals surface area contributed by atoms with E-state index in [0.717, 1.165) is 12.8 Å². The molecule has 1 aliphatic rings. The fourth-order valence-corrected chi connectivity index (χ4v) is 4.03. The average molecular weight is 341 g/mol. The molecule has 0 radical (unpaired) electrons. The van der Waals surface area contributed by atoms with Gasteiger partial charge in [0.1, 0.15) is 0 Å². The van der Waals surface area contributed by atoms with E-state index < -0.39 is 0 Å². The van der Waals surface area contributed by atoms with Crippen LogP contribution in [0.5, 0.6) is 0 Å². The van der Waals surface area contributed by atoms with E-state index in [0.29, 0.717) is 13.2 Å².